The molecule has 1 heterocycles. The van der Waals surface area contributed by atoms with Gasteiger partial charge >= 0.3 is 0 Å². The lowest BCUT2D eigenvalue weighted by molar-refractivity contribution is 0.0131. The van der Waals surface area contributed by atoms with Gasteiger partial charge in [-0.2, -0.15) is 0 Å². The van der Waals surface area contributed by atoms with Crippen LogP contribution in [0.3, 0.4) is 0 Å². The van der Waals surface area contributed by atoms with E-state index in [0.717, 1.165) is 36.6 Å². The average molecular weight is 282 g/mol. The minimum atomic E-state index is -1.17. The summed E-state index contributed by atoms with van der Waals surface area (Å²) in [6.07, 6.45) is 1.78. The van der Waals surface area contributed by atoms with Gasteiger partial charge in [0, 0.05) is 25.1 Å². The Morgan fingerprint density at radius 2 is 1.75 bits per heavy atom. The smallest absolute Gasteiger partial charge is 0.134 e. The Balaban J connectivity index is 2.97. The molecule has 0 saturated carbocycles. The number of nitrogens with zero attached hydrogens (tertiary/aromatic N) is 2. The van der Waals surface area contributed by atoms with Crippen molar-refractivity contribution in [3.05, 3.63) is 11.4 Å². The lowest BCUT2D eigenvalue weighted by Crippen LogP contribution is -2.37. The highest BCUT2D eigenvalue weighted by Gasteiger charge is 2.20. The molecule has 1 rings (SSSR count). The van der Waals surface area contributed by atoms with Crippen molar-refractivity contribution < 1.29 is 10.2 Å². The monoisotopic (exact) mass is 282 g/mol. The van der Waals surface area contributed by atoms with Gasteiger partial charge in [-0.15, -0.1) is 0 Å². The van der Waals surface area contributed by atoms with Crippen molar-refractivity contribution in [2.45, 2.75) is 46.1 Å². The Bertz CT molecular complexity index is 435. The van der Waals surface area contributed by atoms with Crippen molar-refractivity contribution in [2.24, 2.45) is 0 Å². The van der Waals surface area contributed by atoms with Crippen LogP contribution in [0.25, 0.3) is 0 Å². The molecular formula is C14H26N4O2. The van der Waals surface area contributed by atoms with Gasteiger partial charge in [0.1, 0.15) is 23.1 Å². The standard InChI is InChI=1S/C14H26N4O2/c1-5-7-11-17-12(15-6-2)10(3)13(18-11)16-8-14(4,20)9-19/h19-20H,5-9H2,1-4H3,(H2,15,16,17,18). The molecule has 1 unspecified atom stereocenters. The van der Waals surface area contributed by atoms with Crippen LogP contribution in [0, 0.1) is 6.92 Å². The highest BCUT2D eigenvalue weighted by atomic mass is 16.3. The quantitative estimate of drug-likeness (QED) is 0.575. The molecule has 1 aromatic rings. The Labute approximate surface area is 120 Å². The largest absolute Gasteiger partial charge is 0.393 e. The van der Waals surface area contributed by atoms with Crippen LogP contribution in [0.5, 0.6) is 0 Å². The second-order valence-electron chi connectivity index (χ2n) is 5.25. The van der Waals surface area contributed by atoms with Crippen molar-refractivity contribution in [3.63, 3.8) is 0 Å². The minimum absolute atomic E-state index is 0.235. The third kappa shape index (κ3) is 4.61. The molecule has 114 valence electrons. The molecule has 0 amide bonds. The Morgan fingerprint density at radius 1 is 1.15 bits per heavy atom. The molecule has 0 saturated heterocycles. The fraction of sp³-hybridized carbons (Fsp3) is 0.714. The summed E-state index contributed by atoms with van der Waals surface area (Å²) in [5.74, 6) is 2.30. The van der Waals surface area contributed by atoms with E-state index in [1.807, 2.05) is 13.8 Å². The van der Waals surface area contributed by atoms with Gasteiger partial charge in [0.2, 0.25) is 0 Å². The first kappa shape index (κ1) is 16.7. The van der Waals surface area contributed by atoms with Crippen molar-refractivity contribution in [1.29, 1.82) is 0 Å². The lowest BCUT2D eigenvalue weighted by Gasteiger charge is -2.22. The molecule has 0 bridgehead atoms. The van der Waals surface area contributed by atoms with Crippen LogP contribution in [0.1, 0.15) is 38.6 Å². The second-order valence-corrected chi connectivity index (χ2v) is 5.25. The maximum Gasteiger partial charge on any atom is 0.134 e. The zero-order valence-corrected chi connectivity index (χ0v) is 12.8. The predicted molar refractivity (Wildman–Crippen MR) is 81.1 cm³/mol. The van der Waals surface area contributed by atoms with Crippen LogP contribution in [-0.2, 0) is 6.42 Å². The highest BCUT2D eigenvalue weighted by Crippen LogP contribution is 2.21. The van der Waals surface area contributed by atoms with Crippen LogP contribution in [0.2, 0.25) is 0 Å². The molecule has 0 aromatic carbocycles. The number of rotatable bonds is 8. The summed E-state index contributed by atoms with van der Waals surface area (Å²) in [6.45, 7) is 8.34. The average Bonchev–Trinajstić information content (AvgIpc) is 2.41. The summed E-state index contributed by atoms with van der Waals surface area (Å²) in [6, 6.07) is 0. The number of aliphatic hydroxyl groups is 2. The summed E-state index contributed by atoms with van der Waals surface area (Å²) in [5, 5.41) is 25.3. The van der Waals surface area contributed by atoms with Gasteiger partial charge in [-0.3, -0.25) is 0 Å². The van der Waals surface area contributed by atoms with Gasteiger partial charge in [0.15, 0.2) is 0 Å². The van der Waals surface area contributed by atoms with E-state index in [-0.39, 0.29) is 13.2 Å². The van der Waals surface area contributed by atoms with Crippen molar-refractivity contribution in [3.8, 4) is 0 Å². The number of aryl methyl sites for hydroxylation is 1. The molecule has 4 N–H and O–H groups in total. The molecule has 0 spiro atoms. The normalized spacial score (nSPS) is 13.9. The van der Waals surface area contributed by atoms with E-state index in [4.69, 9.17) is 5.11 Å². The number of hydrogen-bond donors (Lipinski definition) is 4. The van der Waals surface area contributed by atoms with Gasteiger partial charge < -0.3 is 20.8 Å². The fourth-order valence-corrected chi connectivity index (χ4v) is 1.74. The molecule has 20 heavy (non-hydrogen) atoms. The Hall–Kier alpha value is -1.40. The van der Waals surface area contributed by atoms with Crippen LogP contribution < -0.4 is 10.6 Å². The molecule has 6 nitrogen and oxygen atoms in total. The molecule has 1 aromatic heterocycles. The van der Waals surface area contributed by atoms with Gasteiger partial charge in [0.05, 0.1) is 6.61 Å². The number of nitrogens with one attached hydrogen (secondary N) is 2. The first-order valence-corrected chi connectivity index (χ1v) is 7.12. The number of hydrogen-bond acceptors (Lipinski definition) is 6. The van der Waals surface area contributed by atoms with E-state index < -0.39 is 5.60 Å². The van der Waals surface area contributed by atoms with E-state index >= 15 is 0 Å². The number of aliphatic hydroxyl groups excluding tert-OH is 1. The fourth-order valence-electron chi connectivity index (χ4n) is 1.74. The Morgan fingerprint density at radius 3 is 2.25 bits per heavy atom. The summed E-state index contributed by atoms with van der Waals surface area (Å²) in [7, 11) is 0. The van der Waals surface area contributed by atoms with Crippen LogP contribution in [0.4, 0.5) is 11.6 Å². The zero-order chi connectivity index (χ0) is 15.2. The predicted octanol–water partition coefficient (Wildman–Crippen LogP) is 1.32. The summed E-state index contributed by atoms with van der Waals surface area (Å²) in [4.78, 5) is 8.99. The molecule has 1 atom stereocenters. The van der Waals surface area contributed by atoms with Crippen molar-refractivity contribution in [2.75, 3.05) is 30.3 Å². The Kier molecular flexibility index (Phi) is 6.16. The number of aromatic nitrogens is 2. The molecule has 0 fully saturated rings. The summed E-state index contributed by atoms with van der Waals surface area (Å²) < 4.78 is 0. The molecule has 0 radical (unpaired) electrons. The van der Waals surface area contributed by atoms with E-state index in [9.17, 15) is 5.11 Å². The maximum absolute atomic E-state index is 9.85. The molecular weight excluding hydrogens is 256 g/mol. The third-order valence-corrected chi connectivity index (χ3v) is 2.99. The van der Waals surface area contributed by atoms with Crippen LogP contribution in [-0.4, -0.2) is 45.5 Å². The van der Waals surface area contributed by atoms with Crippen LogP contribution in [0.15, 0.2) is 0 Å². The van der Waals surface area contributed by atoms with E-state index in [0.29, 0.717) is 5.82 Å². The van der Waals surface area contributed by atoms with Crippen LogP contribution >= 0.6 is 0 Å². The molecule has 6 heteroatoms. The summed E-state index contributed by atoms with van der Waals surface area (Å²) in [5.41, 5.74) is -0.249. The van der Waals surface area contributed by atoms with E-state index in [2.05, 4.69) is 27.5 Å². The topological polar surface area (TPSA) is 90.3 Å². The number of anilines is 2. The van der Waals surface area contributed by atoms with Gasteiger partial charge in [-0.1, -0.05) is 6.92 Å². The minimum Gasteiger partial charge on any atom is -0.393 e. The molecule has 0 aliphatic rings. The highest BCUT2D eigenvalue weighted by molar-refractivity contribution is 5.57. The van der Waals surface area contributed by atoms with E-state index in [1.165, 1.54) is 0 Å². The maximum atomic E-state index is 9.85. The summed E-state index contributed by atoms with van der Waals surface area (Å²) >= 11 is 0. The molecule has 0 aliphatic carbocycles. The van der Waals surface area contributed by atoms with Gasteiger partial charge in [-0.25, -0.2) is 9.97 Å². The SMILES string of the molecule is CCCc1nc(NCC)c(C)c(NCC(C)(O)CO)n1. The lowest BCUT2D eigenvalue weighted by atomic mass is 10.1. The second kappa shape index (κ2) is 7.40. The van der Waals surface area contributed by atoms with Gasteiger partial charge in [0.25, 0.3) is 0 Å². The van der Waals surface area contributed by atoms with Crippen molar-refractivity contribution >= 4 is 11.6 Å². The first-order valence-electron chi connectivity index (χ1n) is 7.12. The van der Waals surface area contributed by atoms with Gasteiger partial charge in [-0.05, 0) is 27.2 Å². The zero-order valence-electron chi connectivity index (χ0n) is 12.8. The van der Waals surface area contributed by atoms with Crippen molar-refractivity contribution in [1.82, 2.24) is 9.97 Å². The molecule has 0 aliphatic heterocycles. The first-order chi connectivity index (χ1) is 9.43. The van der Waals surface area contributed by atoms with E-state index in [1.54, 1.807) is 6.92 Å². The third-order valence-electron chi connectivity index (χ3n) is 2.99.